The molecule has 0 rings (SSSR count). The number of rotatable bonds is 1. The number of hydrogen-bond acceptors (Lipinski definition) is 2. The summed E-state index contributed by atoms with van der Waals surface area (Å²) in [6.07, 6.45) is 0. The molecule has 0 aliphatic carbocycles. The van der Waals surface area contributed by atoms with Gasteiger partial charge in [0.05, 0.1) is 7.11 Å². The maximum absolute atomic E-state index is 10.2. The first-order valence-corrected chi connectivity index (χ1v) is 1.99. The molecule has 0 aliphatic heterocycles. The number of esters is 1. The normalized spacial score (nSPS) is 7.25. The summed E-state index contributed by atoms with van der Waals surface area (Å²) in [4.78, 5) is 12.8. The van der Waals surface area contributed by atoms with Crippen LogP contribution in [0.4, 0.5) is 0 Å². The maximum Gasteiger partial charge on any atom is 0.416 e. The Balaban J connectivity index is 4.04. The average Bonchev–Trinajstić information content (AvgIpc) is 1.84. The molecular weight excluding hydrogens is 108 g/mol. The van der Waals surface area contributed by atoms with Gasteiger partial charge in [-0.15, -0.1) is 0 Å². The smallest absolute Gasteiger partial charge is 0.416 e. The Morgan fingerprint density at radius 1 is 1.75 bits per heavy atom. The van der Waals surface area contributed by atoms with E-state index < -0.39 is 5.97 Å². The van der Waals surface area contributed by atoms with E-state index in [0.29, 0.717) is 0 Å². The Hall–Kier alpha value is -1.15. The largest absolute Gasteiger partial charge is 0.460 e. The Morgan fingerprint density at radius 3 is 2.38 bits per heavy atom. The third-order valence-corrected chi connectivity index (χ3v) is 0.631. The number of carbonyl (C=O) groups is 1. The number of carbonyl (C=O) groups excluding carboxylic acids is 1. The predicted octanol–water partition coefficient (Wildman–Crippen LogP) is -0.150. The van der Waals surface area contributed by atoms with Crippen molar-refractivity contribution in [2.75, 3.05) is 7.11 Å². The summed E-state index contributed by atoms with van der Waals surface area (Å²) in [7, 11) is 1.22. The summed E-state index contributed by atoms with van der Waals surface area (Å²) in [5.74, 6) is -0.618. The van der Waals surface area contributed by atoms with E-state index in [0.717, 1.165) is 0 Å². The van der Waals surface area contributed by atoms with Gasteiger partial charge in [-0.25, -0.2) is 4.79 Å². The first-order valence-electron chi connectivity index (χ1n) is 1.99. The molecule has 4 nitrogen and oxygen atoms in total. The van der Waals surface area contributed by atoms with E-state index >= 15 is 0 Å². The summed E-state index contributed by atoms with van der Waals surface area (Å²) in [5, 5.41) is 0. The van der Waals surface area contributed by atoms with Gasteiger partial charge in [-0.3, -0.25) is 0 Å². The minimum atomic E-state index is -0.618. The highest BCUT2D eigenvalue weighted by molar-refractivity contribution is 6.32. The molecule has 4 heteroatoms. The summed E-state index contributed by atoms with van der Waals surface area (Å²) >= 11 is 0. The SMILES string of the molecule is COC(=O)C(C)=[N+]=[N-]. The molecule has 0 amide bonds. The van der Waals surface area contributed by atoms with Crippen LogP contribution in [0.1, 0.15) is 6.92 Å². The molecule has 44 valence electrons. The Kier molecular flexibility index (Phi) is 2.51. The standard InChI is InChI=1S/C4H6N2O2/c1-3(6-5)4(7)8-2/h1-2H3. The molecule has 0 aliphatic rings. The number of methoxy groups -OCH3 is 1. The van der Waals surface area contributed by atoms with Crippen molar-refractivity contribution in [2.45, 2.75) is 6.92 Å². The molecule has 0 unspecified atom stereocenters. The molecule has 0 atom stereocenters. The lowest BCUT2D eigenvalue weighted by molar-refractivity contribution is -0.137. The van der Waals surface area contributed by atoms with Crippen LogP contribution in [0.2, 0.25) is 0 Å². The van der Waals surface area contributed by atoms with Gasteiger partial charge in [0, 0.05) is 6.92 Å². The fourth-order valence-corrected chi connectivity index (χ4v) is 0.189. The first-order chi connectivity index (χ1) is 3.72. The van der Waals surface area contributed by atoms with Crippen LogP contribution in [-0.2, 0) is 9.53 Å². The van der Waals surface area contributed by atoms with Crippen LogP contribution in [0.3, 0.4) is 0 Å². The van der Waals surface area contributed by atoms with Crippen LogP contribution in [0, 0.1) is 0 Å². The average molecular weight is 114 g/mol. The fourth-order valence-electron chi connectivity index (χ4n) is 0.189. The van der Waals surface area contributed by atoms with Gasteiger partial charge in [0.25, 0.3) is 0 Å². The van der Waals surface area contributed by atoms with Crippen molar-refractivity contribution in [2.24, 2.45) is 0 Å². The molecule has 0 bridgehead atoms. The van der Waals surface area contributed by atoms with Crippen molar-refractivity contribution < 1.29 is 14.3 Å². The van der Waals surface area contributed by atoms with Gasteiger partial charge < -0.3 is 10.3 Å². The molecule has 8 heavy (non-hydrogen) atoms. The van der Waals surface area contributed by atoms with Crippen LogP contribution in [0.5, 0.6) is 0 Å². The highest BCUT2D eigenvalue weighted by atomic mass is 16.5. The third kappa shape index (κ3) is 1.53. The monoisotopic (exact) mass is 114 g/mol. The topological polar surface area (TPSA) is 62.7 Å². The molecular formula is C4H6N2O2. The van der Waals surface area contributed by atoms with E-state index in [1.54, 1.807) is 0 Å². The second-order valence-electron chi connectivity index (χ2n) is 1.18. The van der Waals surface area contributed by atoms with Crippen LogP contribution >= 0.6 is 0 Å². The molecule has 0 saturated carbocycles. The van der Waals surface area contributed by atoms with Gasteiger partial charge in [0.15, 0.2) is 0 Å². The summed E-state index contributed by atoms with van der Waals surface area (Å²) in [6, 6.07) is 0. The van der Waals surface area contributed by atoms with Crippen LogP contribution in [0.25, 0.3) is 5.53 Å². The Labute approximate surface area is 46.7 Å². The molecule has 0 aromatic rings. The van der Waals surface area contributed by atoms with Gasteiger partial charge >= 0.3 is 11.7 Å². The lowest BCUT2D eigenvalue weighted by Gasteiger charge is -1.84. The van der Waals surface area contributed by atoms with Gasteiger partial charge in [-0.1, -0.05) is 0 Å². The second kappa shape index (κ2) is 2.93. The van der Waals surface area contributed by atoms with Crippen molar-refractivity contribution >= 4 is 11.7 Å². The number of nitrogens with zero attached hydrogens (tertiary/aromatic N) is 2. The summed E-state index contributed by atoms with van der Waals surface area (Å²) < 4.78 is 4.17. The molecule has 0 saturated heterocycles. The van der Waals surface area contributed by atoms with E-state index in [1.807, 2.05) is 0 Å². The zero-order chi connectivity index (χ0) is 6.57. The van der Waals surface area contributed by atoms with Gasteiger partial charge in [-0.05, 0) is 0 Å². The molecule has 0 radical (unpaired) electrons. The Morgan fingerprint density at radius 2 is 2.25 bits per heavy atom. The van der Waals surface area contributed by atoms with E-state index in [4.69, 9.17) is 5.53 Å². The minimum Gasteiger partial charge on any atom is -0.460 e. The highest BCUT2D eigenvalue weighted by Gasteiger charge is 2.11. The van der Waals surface area contributed by atoms with E-state index in [-0.39, 0.29) is 5.71 Å². The van der Waals surface area contributed by atoms with Crippen molar-refractivity contribution in [3.05, 3.63) is 5.53 Å². The summed E-state index contributed by atoms with van der Waals surface area (Å²) in [6.45, 7) is 1.35. The first kappa shape index (κ1) is 6.85. The zero-order valence-corrected chi connectivity index (χ0v) is 4.71. The number of hydrogen-bond donors (Lipinski definition) is 0. The lowest BCUT2D eigenvalue weighted by Crippen LogP contribution is -2.12. The van der Waals surface area contributed by atoms with Gasteiger partial charge in [-0.2, -0.15) is 4.79 Å². The fraction of sp³-hybridized carbons (Fsp3) is 0.500. The molecule has 0 heterocycles. The molecule has 0 aromatic carbocycles. The predicted molar refractivity (Wildman–Crippen MR) is 26.3 cm³/mol. The lowest BCUT2D eigenvalue weighted by atomic mass is 10.4. The van der Waals surface area contributed by atoms with Crippen molar-refractivity contribution in [1.82, 2.24) is 0 Å². The molecule has 0 spiro atoms. The van der Waals surface area contributed by atoms with Crippen molar-refractivity contribution in [3.8, 4) is 0 Å². The molecule has 0 fully saturated rings. The van der Waals surface area contributed by atoms with Crippen molar-refractivity contribution in [3.63, 3.8) is 0 Å². The van der Waals surface area contributed by atoms with Crippen LogP contribution in [0.15, 0.2) is 0 Å². The van der Waals surface area contributed by atoms with Gasteiger partial charge in [0.1, 0.15) is 0 Å². The second-order valence-corrected chi connectivity index (χ2v) is 1.18. The van der Waals surface area contributed by atoms with Crippen LogP contribution < -0.4 is 0 Å². The molecule has 0 aromatic heterocycles. The third-order valence-electron chi connectivity index (χ3n) is 0.631. The molecule has 0 N–H and O–H groups in total. The zero-order valence-electron chi connectivity index (χ0n) is 4.71. The highest BCUT2D eigenvalue weighted by Crippen LogP contribution is 1.72. The summed E-state index contributed by atoms with van der Waals surface area (Å²) in [5.41, 5.74) is 7.87. The maximum atomic E-state index is 10.2. The minimum absolute atomic E-state index is 0.0486. The Bertz CT molecular complexity index is 146. The van der Waals surface area contributed by atoms with E-state index in [9.17, 15) is 4.79 Å². The van der Waals surface area contributed by atoms with Crippen LogP contribution in [-0.4, -0.2) is 23.6 Å². The quantitative estimate of drug-likeness (QED) is 0.206. The van der Waals surface area contributed by atoms with Crippen molar-refractivity contribution in [1.29, 1.82) is 0 Å². The van der Waals surface area contributed by atoms with E-state index in [1.165, 1.54) is 14.0 Å². The number of ether oxygens (including phenoxy) is 1. The van der Waals surface area contributed by atoms with Gasteiger partial charge in [0.2, 0.25) is 0 Å². The van der Waals surface area contributed by atoms with E-state index in [2.05, 4.69) is 9.53 Å².